The maximum absolute atomic E-state index is 12.5. The van der Waals surface area contributed by atoms with Crippen molar-refractivity contribution in [3.63, 3.8) is 0 Å². The lowest BCUT2D eigenvalue weighted by atomic mass is 9.98. The highest BCUT2D eigenvalue weighted by molar-refractivity contribution is 7.91. The number of amides is 1. The van der Waals surface area contributed by atoms with Crippen molar-refractivity contribution in [3.05, 3.63) is 53.3 Å². The zero-order valence-electron chi connectivity index (χ0n) is 12.6. The van der Waals surface area contributed by atoms with Crippen LogP contribution >= 0.6 is 0 Å². The van der Waals surface area contributed by atoms with E-state index in [1.54, 1.807) is 37.5 Å². The average molecular weight is 331 g/mol. The summed E-state index contributed by atoms with van der Waals surface area (Å²) in [5.74, 6) is -0.346. The molecule has 120 valence electrons. The van der Waals surface area contributed by atoms with Crippen LogP contribution in [0.5, 0.6) is 0 Å². The number of sulfone groups is 1. The minimum absolute atomic E-state index is 0.00956. The van der Waals surface area contributed by atoms with Gasteiger partial charge in [0.25, 0.3) is 5.91 Å². The van der Waals surface area contributed by atoms with E-state index in [1.807, 2.05) is 0 Å². The lowest BCUT2D eigenvalue weighted by Crippen LogP contribution is -2.26. The van der Waals surface area contributed by atoms with Crippen molar-refractivity contribution in [2.24, 2.45) is 5.73 Å². The Labute approximate surface area is 134 Å². The Balaban J connectivity index is 2.02. The highest BCUT2D eigenvalue weighted by Crippen LogP contribution is 2.33. The fourth-order valence-electron chi connectivity index (χ4n) is 2.70. The molecule has 0 radical (unpaired) electrons. The summed E-state index contributed by atoms with van der Waals surface area (Å²) in [6.45, 7) is 1.77. The molecule has 23 heavy (non-hydrogen) atoms. The molecule has 1 amide bonds. The number of hydrogen-bond donors (Lipinski definition) is 2. The summed E-state index contributed by atoms with van der Waals surface area (Å²) in [4.78, 5) is 16.5. The quantitative estimate of drug-likeness (QED) is 0.874. The monoisotopic (exact) mass is 331 g/mol. The van der Waals surface area contributed by atoms with E-state index in [0.29, 0.717) is 28.8 Å². The first-order valence-electron chi connectivity index (χ1n) is 7.23. The Morgan fingerprint density at radius 3 is 2.70 bits per heavy atom. The molecule has 7 heteroatoms. The average Bonchev–Trinajstić information content (AvgIpc) is 2.52. The summed E-state index contributed by atoms with van der Waals surface area (Å²) in [6.07, 6.45) is 3.54. The van der Waals surface area contributed by atoms with E-state index in [2.05, 4.69) is 10.3 Å². The molecule has 6 nitrogen and oxygen atoms in total. The van der Waals surface area contributed by atoms with Crippen molar-refractivity contribution in [3.8, 4) is 0 Å². The van der Waals surface area contributed by atoms with Gasteiger partial charge in [-0.1, -0.05) is 6.07 Å². The van der Waals surface area contributed by atoms with Crippen molar-refractivity contribution in [2.75, 3.05) is 11.1 Å². The molecule has 1 atom stereocenters. The topological polar surface area (TPSA) is 102 Å². The summed E-state index contributed by atoms with van der Waals surface area (Å²) in [5, 5.41) is 2.74. The van der Waals surface area contributed by atoms with E-state index >= 15 is 0 Å². The lowest BCUT2D eigenvalue weighted by molar-refractivity contribution is 0.102. The van der Waals surface area contributed by atoms with Crippen LogP contribution in [0.1, 0.15) is 33.9 Å². The largest absolute Gasteiger partial charge is 0.324 e. The van der Waals surface area contributed by atoms with Crippen LogP contribution in [-0.4, -0.2) is 25.1 Å². The van der Waals surface area contributed by atoms with Crippen molar-refractivity contribution in [1.29, 1.82) is 0 Å². The third-order valence-corrected chi connectivity index (χ3v) is 5.77. The van der Waals surface area contributed by atoms with E-state index in [1.165, 1.54) is 6.07 Å². The number of anilines is 1. The molecule has 2 heterocycles. The summed E-state index contributed by atoms with van der Waals surface area (Å²) < 4.78 is 24.5. The van der Waals surface area contributed by atoms with Gasteiger partial charge in [-0.15, -0.1) is 0 Å². The van der Waals surface area contributed by atoms with Crippen LogP contribution in [0.4, 0.5) is 5.69 Å². The van der Waals surface area contributed by atoms with Gasteiger partial charge in [0.2, 0.25) is 0 Å². The van der Waals surface area contributed by atoms with Gasteiger partial charge in [0, 0.05) is 29.7 Å². The highest BCUT2D eigenvalue weighted by Gasteiger charge is 2.30. The lowest BCUT2D eigenvalue weighted by Gasteiger charge is -2.24. The molecule has 0 saturated carbocycles. The Bertz CT molecular complexity index is 864. The standard InChI is InChI=1S/C16H17N3O3S/c1-10-8-13-14(17)4-7-23(21,22)15(13)9-12(10)16(20)19-11-2-5-18-6-3-11/h2-3,5-6,8-9,14H,4,7,17H2,1H3,(H,18,19,20). The van der Waals surface area contributed by atoms with Crippen LogP contribution in [-0.2, 0) is 9.84 Å². The number of aromatic nitrogens is 1. The number of aryl methyl sites for hydroxylation is 1. The predicted octanol–water partition coefficient (Wildman–Crippen LogP) is 1.82. The van der Waals surface area contributed by atoms with E-state index in [4.69, 9.17) is 5.73 Å². The van der Waals surface area contributed by atoms with E-state index < -0.39 is 9.84 Å². The third-order valence-electron chi connectivity index (χ3n) is 3.97. The number of carbonyl (C=O) groups excluding carboxylic acids is 1. The molecular weight excluding hydrogens is 314 g/mol. The van der Waals surface area contributed by atoms with Crippen LogP contribution in [0, 0.1) is 6.92 Å². The molecule has 2 aromatic rings. The zero-order chi connectivity index (χ0) is 16.6. The summed E-state index contributed by atoms with van der Waals surface area (Å²) >= 11 is 0. The molecule has 3 N–H and O–H groups in total. The second-order valence-electron chi connectivity index (χ2n) is 5.61. The second-order valence-corrected chi connectivity index (χ2v) is 7.69. The van der Waals surface area contributed by atoms with Crippen molar-refractivity contribution < 1.29 is 13.2 Å². The molecule has 1 aliphatic heterocycles. The van der Waals surface area contributed by atoms with Gasteiger partial charge in [-0.2, -0.15) is 0 Å². The minimum atomic E-state index is -3.39. The minimum Gasteiger partial charge on any atom is -0.324 e. The highest BCUT2D eigenvalue weighted by atomic mass is 32.2. The molecule has 0 bridgehead atoms. The third kappa shape index (κ3) is 2.97. The van der Waals surface area contributed by atoms with Crippen LogP contribution in [0.2, 0.25) is 0 Å². The zero-order valence-corrected chi connectivity index (χ0v) is 13.4. The summed E-state index contributed by atoms with van der Waals surface area (Å²) in [5.41, 5.74) is 8.23. The van der Waals surface area contributed by atoms with Gasteiger partial charge in [0.1, 0.15) is 0 Å². The van der Waals surface area contributed by atoms with Crippen molar-refractivity contribution >= 4 is 21.4 Å². The molecule has 0 fully saturated rings. The molecule has 0 aliphatic carbocycles. The number of nitrogens with one attached hydrogen (secondary N) is 1. The van der Waals surface area contributed by atoms with Gasteiger partial charge in [0.15, 0.2) is 9.84 Å². The molecule has 3 rings (SSSR count). The van der Waals surface area contributed by atoms with Gasteiger partial charge in [-0.3, -0.25) is 9.78 Å². The predicted molar refractivity (Wildman–Crippen MR) is 87.0 cm³/mol. The number of carbonyl (C=O) groups is 1. The number of nitrogens with zero attached hydrogens (tertiary/aromatic N) is 1. The number of hydrogen-bond acceptors (Lipinski definition) is 5. The second kappa shape index (κ2) is 5.75. The fourth-order valence-corrected chi connectivity index (χ4v) is 4.35. The van der Waals surface area contributed by atoms with Gasteiger partial charge in [-0.05, 0) is 42.7 Å². The van der Waals surface area contributed by atoms with Gasteiger partial charge in [0.05, 0.1) is 10.6 Å². The maximum atomic E-state index is 12.5. The van der Waals surface area contributed by atoms with E-state index in [9.17, 15) is 13.2 Å². The van der Waals surface area contributed by atoms with Crippen LogP contribution in [0.25, 0.3) is 0 Å². The molecule has 1 aromatic heterocycles. The molecule has 1 aliphatic rings. The summed E-state index contributed by atoms with van der Waals surface area (Å²) in [7, 11) is -3.39. The smallest absolute Gasteiger partial charge is 0.255 e. The first-order chi connectivity index (χ1) is 10.9. The Kier molecular flexibility index (Phi) is 3.91. The molecule has 1 aromatic carbocycles. The maximum Gasteiger partial charge on any atom is 0.255 e. The Morgan fingerprint density at radius 2 is 2.00 bits per heavy atom. The SMILES string of the molecule is Cc1cc2c(cc1C(=O)Nc1ccncc1)S(=O)(=O)CCC2N. The normalized spacial score (nSPS) is 19.0. The van der Waals surface area contributed by atoms with Gasteiger partial charge >= 0.3 is 0 Å². The number of rotatable bonds is 2. The van der Waals surface area contributed by atoms with Crippen LogP contribution in [0.15, 0.2) is 41.6 Å². The first kappa shape index (κ1) is 15.6. The van der Waals surface area contributed by atoms with Crippen LogP contribution in [0.3, 0.4) is 0 Å². The van der Waals surface area contributed by atoms with Gasteiger partial charge in [-0.25, -0.2) is 8.42 Å². The Morgan fingerprint density at radius 1 is 1.30 bits per heavy atom. The summed E-state index contributed by atoms with van der Waals surface area (Å²) in [6, 6.07) is 6.16. The number of pyridine rings is 1. The number of nitrogens with two attached hydrogens (primary N) is 1. The Hall–Kier alpha value is -2.25. The number of benzene rings is 1. The first-order valence-corrected chi connectivity index (χ1v) is 8.88. The van der Waals surface area contributed by atoms with E-state index in [0.717, 1.165) is 0 Å². The van der Waals surface area contributed by atoms with Gasteiger partial charge < -0.3 is 11.1 Å². The van der Waals surface area contributed by atoms with Crippen molar-refractivity contribution in [1.82, 2.24) is 4.98 Å². The molecule has 0 saturated heterocycles. The van der Waals surface area contributed by atoms with Crippen molar-refractivity contribution in [2.45, 2.75) is 24.3 Å². The molecule has 1 unspecified atom stereocenters. The molecule has 0 spiro atoms. The van der Waals surface area contributed by atoms with Crippen LogP contribution < -0.4 is 11.1 Å². The molecular formula is C16H17N3O3S. The van der Waals surface area contributed by atoms with E-state index in [-0.39, 0.29) is 22.6 Å². The fraction of sp³-hybridized carbons (Fsp3) is 0.250. The number of fused-ring (bicyclic) bond motifs is 1.